The minimum Gasteiger partial charge on any atom is -0.455 e. The van der Waals surface area contributed by atoms with Crippen LogP contribution in [0.4, 0.5) is 0 Å². The van der Waals surface area contributed by atoms with Crippen LogP contribution >= 0.6 is 11.3 Å². The number of fused-ring (bicyclic) bond motifs is 11. The van der Waals surface area contributed by atoms with Crippen molar-refractivity contribution in [3.63, 3.8) is 0 Å². The molecule has 0 atom stereocenters. The van der Waals surface area contributed by atoms with Gasteiger partial charge in [0.2, 0.25) is 0 Å². The van der Waals surface area contributed by atoms with E-state index in [0.29, 0.717) is 0 Å². The summed E-state index contributed by atoms with van der Waals surface area (Å²) < 4.78 is 9.39. The smallest absolute Gasteiger partial charge is 0.143 e. The second kappa shape index (κ2) is 9.90. The Morgan fingerprint density at radius 2 is 0.935 bits per heavy atom. The van der Waals surface area contributed by atoms with E-state index in [1.165, 1.54) is 58.4 Å². The van der Waals surface area contributed by atoms with Crippen molar-refractivity contribution in [2.24, 2.45) is 0 Å². The summed E-state index contributed by atoms with van der Waals surface area (Å²) in [4.78, 5) is 0. The van der Waals surface area contributed by atoms with Gasteiger partial charge in [0.15, 0.2) is 0 Å². The lowest BCUT2D eigenvalue weighted by molar-refractivity contribution is 0.671. The minimum atomic E-state index is 0.936. The highest BCUT2D eigenvalue weighted by molar-refractivity contribution is 7.27. The Bertz CT molecular complexity index is 2790. The van der Waals surface area contributed by atoms with Gasteiger partial charge in [-0.15, -0.1) is 11.3 Å². The number of benzene rings is 8. The van der Waals surface area contributed by atoms with Crippen LogP contribution in [-0.2, 0) is 0 Å². The molecule has 0 aliphatic heterocycles. The molecule has 10 aromatic rings. The normalized spacial score (nSPS) is 11.9. The lowest BCUT2D eigenvalue weighted by Crippen LogP contribution is -1.83. The van der Waals surface area contributed by atoms with E-state index < -0.39 is 0 Å². The van der Waals surface area contributed by atoms with Gasteiger partial charge in [-0.2, -0.15) is 0 Å². The van der Waals surface area contributed by atoms with Gasteiger partial charge >= 0.3 is 0 Å². The minimum absolute atomic E-state index is 0.936. The monoisotopic (exact) mass is 602 g/mol. The van der Waals surface area contributed by atoms with Gasteiger partial charge in [0.1, 0.15) is 11.2 Å². The summed E-state index contributed by atoms with van der Waals surface area (Å²) in [5, 5.41) is 10.2. The van der Waals surface area contributed by atoms with Crippen molar-refractivity contribution in [2.45, 2.75) is 0 Å². The summed E-state index contributed by atoms with van der Waals surface area (Å²) in [6, 6.07) is 57.0. The summed E-state index contributed by atoms with van der Waals surface area (Å²) in [6.07, 6.45) is 0. The fourth-order valence-electron chi connectivity index (χ4n) is 7.32. The van der Waals surface area contributed by atoms with E-state index in [1.807, 2.05) is 11.3 Å². The molecule has 0 aliphatic rings. The van der Waals surface area contributed by atoms with Crippen molar-refractivity contribution in [2.75, 3.05) is 0 Å². The average Bonchev–Trinajstić information content (AvgIpc) is 3.71. The van der Waals surface area contributed by atoms with E-state index in [4.69, 9.17) is 4.42 Å². The molecule has 0 spiro atoms. The Morgan fingerprint density at radius 1 is 0.348 bits per heavy atom. The van der Waals surface area contributed by atoms with Crippen LogP contribution in [0, 0.1) is 0 Å². The molecule has 2 heteroatoms. The molecule has 0 saturated carbocycles. The van der Waals surface area contributed by atoms with E-state index >= 15 is 0 Å². The first kappa shape index (κ1) is 25.6. The zero-order chi connectivity index (χ0) is 30.2. The number of para-hydroxylation sites is 2. The van der Waals surface area contributed by atoms with Crippen molar-refractivity contribution in [3.8, 4) is 33.4 Å². The second-order valence-electron chi connectivity index (χ2n) is 12.0. The van der Waals surface area contributed by atoms with Crippen molar-refractivity contribution >= 4 is 75.0 Å². The van der Waals surface area contributed by atoms with Crippen LogP contribution in [0.2, 0.25) is 0 Å². The molecule has 2 heterocycles. The third-order valence-corrected chi connectivity index (χ3v) is 10.7. The molecule has 0 saturated heterocycles. The highest BCUT2D eigenvalue weighted by atomic mass is 32.1. The van der Waals surface area contributed by atoms with Crippen molar-refractivity contribution < 1.29 is 4.42 Å². The van der Waals surface area contributed by atoms with Crippen LogP contribution in [0.25, 0.3) is 97.0 Å². The van der Waals surface area contributed by atoms with Gasteiger partial charge in [0, 0.05) is 47.5 Å². The molecule has 1 nitrogen and oxygen atoms in total. The summed E-state index contributed by atoms with van der Waals surface area (Å²) in [6.45, 7) is 0. The summed E-state index contributed by atoms with van der Waals surface area (Å²) in [5.41, 5.74) is 8.93. The van der Waals surface area contributed by atoms with Gasteiger partial charge in [0.05, 0.1) is 0 Å². The Morgan fingerprint density at radius 3 is 1.67 bits per heavy atom. The van der Waals surface area contributed by atoms with Crippen molar-refractivity contribution in [1.29, 1.82) is 0 Å². The van der Waals surface area contributed by atoms with Gasteiger partial charge in [-0.25, -0.2) is 0 Å². The number of thiophene rings is 1. The fourth-order valence-corrected chi connectivity index (χ4v) is 8.62. The second-order valence-corrected chi connectivity index (χ2v) is 13.1. The van der Waals surface area contributed by atoms with E-state index in [1.54, 1.807) is 0 Å². The van der Waals surface area contributed by atoms with Gasteiger partial charge in [-0.1, -0.05) is 146 Å². The quantitative estimate of drug-likeness (QED) is 0.183. The molecule has 2 aromatic heterocycles. The van der Waals surface area contributed by atoms with Gasteiger partial charge in [0.25, 0.3) is 0 Å². The fraction of sp³-hybridized carbons (Fsp3) is 0. The number of rotatable bonds is 3. The number of hydrogen-bond donors (Lipinski definition) is 0. The maximum absolute atomic E-state index is 6.76. The van der Waals surface area contributed by atoms with E-state index in [2.05, 4.69) is 158 Å². The maximum atomic E-state index is 6.76. The Hall–Kier alpha value is -5.70. The largest absolute Gasteiger partial charge is 0.455 e. The zero-order valence-corrected chi connectivity index (χ0v) is 25.6. The molecule has 0 amide bonds. The topological polar surface area (TPSA) is 13.1 Å². The highest BCUT2D eigenvalue weighted by Crippen LogP contribution is 2.46. The molecule has 46 heavy (non-hydrogen) atoms. The molecular formula is C44H26OS. The molecule has 0 aliphatic carbocycles. The van der Waals surface area contributed by atoms with E-state index in [-0.39, 0.29) is 0 Å². The molecule has 0 radical (unpaired) electrons. The number of furan rings is 1. The van der Waals surface area contributed by atoms with Crippen LogP contribution in [0.5, 0.6) is 0 Å². The SMILES string of the molecule is c1ccc(-c2ccc3c(c2)c2ccccc2c2c4ccc(-c5cccc6c5oc5c(-c7ccccc7)cccc56)cc4sc32)cc1. The summed E-state index contributed by atoms with van der Waals surface area (Å²) in [5.74, 6) is 0. The lowest BCUT2D eigenvalue weighted by atomic mass is 9.94. The molecular weight excluding hydrogens is 577 g/mol. The maximum Gasteiger partial charge on any atom is 0.143 e. The van der Waals surface area contributed by atoms with Crippen LogP contribution in [-0.4, -0.2) is 0 Å². The Labute approximate surface area is 269 Å². The third-order valence-electron chi connectivity index (χ3n) is 9.47. The van der Waals surface area contributed by atoms with Crippen molar-refractivity contribution in [1.82, 2.24) is 0 Å². The molecule has 10 rings (SSSR count). The summed E-state index contributed by atoms with van der Waals surface area (Å²) in [7, 11) is 0. The van der Waals surface area contributed by atoms with Crippen LogP contribution < -0.4 is 0 Å². The molecule has 8 aromatic carbocycles. The third kappa shape index (κ3) is 3.74. The van der Waals surface area contributed by atoms with Gasteiger partial charge < -0.3 is 4.42 Å². The highest BCUT2D eigenvalue weighted by Gasteiger charge is 2.18. The first-order valence-electron chi connectivity index (χ1n) is 15.7. The average molecular weight is 603 g/mol. The van der Waals surface area contributed by atoms with Crippen LogP contribution in [0.15, 0.2) is 162 Å². The standard InChI is InChI=1S/C44H26OS/c1-3-11-27(12-4-1)29-21-23-37-39(25-29)33-15-7-8-16-34(33)41-38-24-22-30(26-40(38)46-44(37)41)32-18-10-20-36-35-19-9-17-31(42(35)45-43(32)36)28-13-5-2-6-14-28/h1-26H. The van der Waals surface area contributed by atoms with E-state index in [9.17, 15) is 0 Å². The number of hydrogen-bond acceptors (Lipinski definition) is 2. The first-order valence-corrected chi connectivity index (χ1v) is 16.5. The van der Waals surface area contributed by atoms with Crippen molar-refractivity contribution in [3.05, 3.63) is 158 Å². The van der Waals surface area contributed by atoms with Gasteiger partial charge in [-0.3, -0.25) is 0 Å². The predicted octanol–water partition coefficient (Wildman–Crippen LogP) is 13.3. The van der Waals surface area contributed by atoms with Crippen LogP contribution in [0.3, 0.4) is 0 Å². The van der Waals surface area contributed by atoms with E-state index in [0.717, 1.165) is 38.6 Å². The zero-order valence-electron chi connectivity index (χ0n) is 24.8. The summed E-state index contributed by atoms with van der Waals surface area (Å²) >= 11 is 1.90. The Balaban J connectivity index is 1.20. The molecule has 214 valence electrons. The molecule has 0 fully saturated rings. The molecule has 0 bridgehead atoms. The molecule has 0 N–H and O–H groups in total. The first-order chi connectivity index (χ1) is 22.8. The van der Waals surface area contributed by atoms with Gasteiger partial charge in [-0.05, 0) is 50.5 Å². The predicted molar refractivity (Wildman–Crippen MR) is 198 cm³/mol. The Kier molecular flexibility index (Phi) is 5.51. The lowest BCUT2D eigenvalue weighted by Gasteiger charge is -2.10. The van der Waals surface area contributed by atoms with Crippen LogP contribution in [0.1, 0.15) is 0 Å². The molecule has 0 unspecified atom stereocenters.